The van der Waals surface area contributed by atoms with Gasteiger partial charge in [0.2, 0.25) is 10.0 Å². The molecule has 0 radical (unpaired) electrons. The van der Waals surface area contributed by atoms with Crippen LogP contribution in [0.25, 0.3) is 0 Å². The second-order valence-electron chi connectivity index (χ2n) is 4.99. The molecule has 0 atom stereocenters. The number of methoxy groups -OCH3 is 1. The molecule has 1 rings (SSSR count). The first-order valence-corrected chi connectivity index (χ1v) is 9.36. The molecular weight excluding hydrogens is 358 g/mol. The Morgan fingerprint density at radius 1 is 1.33 bits per heavy atom. The first-order valence-electron chi connectivity index (χ1n) is 7.50. The highest BCUT2D eigenvalue weighted by atomic mass is 35.5. The van der Waals surface area contributed by atoms with Crippen LogP contribution in [-0.2, 0) is 10.0 Å². The molecule has 1 N–H and O–H groups in total. The van der Waals surface area contributed by atoms with Crippen molar-refractivity contribution in [1.29, 1.82) is 0 Å². The molecule has 8 nitrogen and oxygen atoms in total. The summed E-state index contributed by atoms with van der Waals surface area (Å²) in [4.78, 5) is 12.1. The maximum atomic E-state index is 12.4. The lowest BCUT2D eigenvalue weighted by molar-refractivity contribution is -0.384. The summed E-state index contributed by atoms with van der Waals surface area (Å²) < 4.78 is 32.2. The third kappa shape index (κ3) is 5.30. The molecular formula is C14H22ClN3O5S. The minimum Gasteiger partial charge on any atom is -0.495 e. The van der Waals surface area contributed by atoms with Crippen LogP contribution in [0.2, 0.25) is 5.02 Å². The summed E-state index contributed by atoms with van der Waals surface area (Å²) in [5.74, 6) is -0.123. The Kier molecular flexibility index (Phi) is 7.88. The van der Waals surface area contributed by atoms with Crippen LogP contribution in [0.5, 0.6) is 5.75 Å². The molecule has 0 aliphatic rings. The number of ether oxygens (including phenoxy) is 1. The molecule has 10 heteroatoms. The van der Waals surface area contributed by atoms with Gasteiger partial charge in [-0.1, -0.05) is 25.4 Å². The van der Waals surface area contributed by atoms with Crippen LogP contribution in [0, 0.1) is 10.1 Å². The first kappa shape index (κ1) is 20.6. The lowest BCUT2D eigenvalue weighted by Crippen LogP contribution is -2.30. The predicted molar refractivity (Wildman–Crippen MR) is 92.3 cm³/mol. The van der Waals surface area contributed by atoms with Gasteiger partial charge in [-0.25, -0.2) is 13.1 Å². The molecule has 1 aromatic rings. The second-order valence-corrected chi connectivity index (χ2v) is 7.13. The number of nitro groups is 1. The van der Waals surface area contributed by atoms with Gasteiger partial charge in [0.15, 0.2) is 0 Å². The van der Waals surface area contributed by atoms with E-state index in [2.05, 4.69) is 9.62 Å². The summed E-state index contributed by atoms with van der Waals surface area (Å²) >= 11 is 5.80. The largest absolute Gasteiger partial charge is 0.495 e. The molecule has 24 heavy (non-hydrogen) atoms. The number of rotatable bonds is 10. The van der Waals surface area contributed by atoms with E-state index in [9.17, 15) is 18.5 Å². The van der Waals surface area contributed by atoms with Crippen LogP contribution in [0.3, 0.4) is 0 Å². The van der Waals surface area contributed by atoms with E-state index >= 15 is 0 Å². The average molecular weight is 380 g/mol. The fraction of sp³-hybridized carbons (Fsp3) is 0.571. The summed E-state index contributed by atoms with van der Waals surface area (Å²) in [7, 11) is -2.64. The van der Waals surface area contributed by atoms with E-state index in [1.165, 1.54) is 7.11 Å². The lowest BCUT2D eigenvalue weighted by atomic mass is 10.3. The third-order valence-corrected chi connectivity index (χ3v) is 5.34. The average Bonchev–Trinajstić information content (AvgIpc) is 2.54. The van der Waals surface area contributed by atoms with E-state index in [0.717, 1.165) is 31.8 Å². The van der Waals surface area contributed by atoms with Gasteiger partial charge in [0.1, 0.15) is 15.7 Å². The monoisotopic (exact) mass is 379 g/mol. The van der Waals surface area contributed by atoms with Crippen LogP contribution in [-0.4, -0.2) is 51.5 Å². The maximum absolute atomic E-state index is 12.4. The number of benzene rings is 1. The molecule has 0 unspecified atom stereocenters. The van der Waals surface area contributed by atoms with Gasteiger partial charge in [0.05, 0.1) is 18.1 Å². The van der Waals surface area contributed by atoms with Gasteiger partial charge in [-0.3, -0.25) is 10.1 Å². The minimum atomic E-state index is -3.88. The number of sulfonamides is 1. The SMILES string of the molecule is CCN(CC)CCCNS(=O)(=O)c1cc(Cl)c([N+](=O)[O-])cc1OC. The molecule has 0 amide bonds. The Morgan fingerprint density at radius 2 is 1.96 bits per heavy atom. The minimum absolute atomic E-state index is 0.123. The van der Waals surface area contributed by atoms with Crippen LogP contribution in [0.15, 0.2) is 17.0 Å². The zero-order valence-electron chi connectivity index (χ0n) is 13.9. The highest BCUT2D eigenvalue weighted by Gasteiger charge is 2.25. The lowest BCUT2D eigenvalue weighted by Gasteiger charge is -2.18. The highest BCUT2D eigenvalue weighted by Crippen LogP contribution is 2.34. The van der Waals surface area contributed by atoms with Crippen molar-refractivity contribution < 1.29 is 18.1 Å². The van der Waals surface area contributed by atoms with Crippen molar-refractivity contribution >= 4 is 27.3 Å². The number of hydrogen-bond acceptors (Lipinski definition) is 6. The molecule has 0 fully saturated rings. The standard InChI is InChI=1S/C14H22ClN3O5S/c1-4-17(5-2)8-6-7-16-24(21,22)14-9-11(15)12(18(19)20)10-13(14)23-3/h9-10,16H,4-8H2,1-3H3. The predicted octanol–water partition coefficient (Wildman–Crippen LogP) is 2.27. The molecule has 0 spiro atoms. The zero-order chi connectivity index (χ0) is 18.3. The van der Waals surface area contributed by atoms with Crippen LogP contribution in [0.4, 0.5) is 5.69 Å². The molecule has 0 saturated carbocycles. The molecule has 0 heterocycles. The summed E-state index contributed by atoms with van der Waals surface area (Å²) in [5.41, 5.74) is -0.408. The Balaban J connectivity index is 2.90. The third-order valence-electron chi connectivity index (χ3n) is 3.56. The van der Waals surface area contributed by atoms with E-state index < -0.39 is 20.6 Å². The Labute approximate surface area is 146 Å². The summed E-state index contributed by atoms with van der Waals surface area (Å²) in [6.07, 6.45) is 0.643. The molecule has 0 aromatic heterocycles. The van der Waals surface area contributed by atoms with Crippen molar-refractivity contribution in [1.82, 2.24) is 9.62 Å². The van der Waals surface area contributed by atoms with Crippen molar-refractivity contribution in [2.75, 3.05) is 33.3 Å². The number of halogens is 1. The molecule has 0 aliphatic carbocycles. The fourth-order valence-electron chi connectivity index (χ4n) is 2.16. The number of nitrogens with one attached hydrogen (secondary N) is 1. The van der Waals surface area contributed by atoms with E-state index in [1.807, 2.05) is 13.8 Å². The van der Waals surface area contributed by atoms with Crippen LogP contribution >= 0.6 is 11.6 Å². The van der Waals surface area contributed by atoms with Gasteiger partial charge in [-0.05, 0) is 32.1 Å². The van der Waals surface area contributed by atoms with E-state index in [1.54, 1.807) is 0 Å². The number of nitro benzene ring substituents is 1. The molecule has 0 saturated heterocycles. The number of hydrogen-bond donors (Lipinski definition) is 1. The Morgan fingerprint density at radius 3 is 2.46 bits per heavy atom. The van der Waals surface area contributed by atoms with Gasteiger partial charge in [-0.2, -0.15) is 0 Å². The summed E-state index contributed by atoms with van der Waals surface area (Å²) in [5, 5.41) is 10.6. The van der Waals surface area contributed by atoms with Crippen LogP contribution < -0.4 is 9.46 Å². The highest BCUT2D eigenvalue weighted by molar-refractivity contribution is 7.89. The van der Waals surface area contributed by atoms with Gasteiger partial charge in [0, 0.05) is 6.54 Å². The molecule has 1 aromatic carbocycles. The van der Waals surface area contributed by atoms with Crippen molar-refractivity contribution in [2.24, 2.45) is 0 Å². The zero-order valence-corrected chi connectivity index (χ0v) is 15.5. The molecule has 136 valence electrons. The smallest absolute Gasteiger partial charge is 0.291 e. The normalized spacial score (nSPS) is 11.7. The fourth-order valence-corrected chi connectivity index (χ4v) is 3.71. The van der Waals surface area contributed by atoms with E-state index in [-0.39, 0.29) is 22.2 Å². The first-order chi connectivity index (χ1) is 11.3. The van der Waals surface area contributed by atoms with Gasteiger partial charge >= 0.3 is 0 Å². The number of nitrogens with zero attached hydrogens (tertiary/aromatic N) is 2. The van der Waals surface area contributed by atoms with Gasteiger partial charge in [0.25, 0.3) is 5.69 Å². The topological polar surface area (TPSA) is 102 Å². The van der Waals surface area contributed by atoms with E-state index in [0.29, 0.717) is 6.42 Å². The van der Waals surface area contributed by atoms with Crippen LogP contribution in [0.1, 0.15) is 20.3 Å². The quantitative estimate of drug-likeness (QED) is 0.380. The van der Waals surface area contributed by atoms with E-state index in [4.69, 9.17) is 16.3 Å². The van der Waals surface area contributed by atoms with Crippen molar-refractivity contribution in [2.45, 2.75) is 25.2 Å². The maximum Gasteiger partial charge on any atom is 0.291 e. The van der Waals surface area contributed by atoms with Crippen molar-refractivity contribution in [3.05, 3.63) is 27.3 Å². The van der Waals surface area contributed by atoms with Gasteiger partial charge in [-0.15, -0.1) is 0 Å². The summed E-state index contributed by atoms with van der Waals surface area (Å²) in [6, 6.07) is 2.04. The second kappa shape index (κ2) is 9.16. The van der Waals surface area contributed by atoms with Crippen molar-refractivity contribution in [3.8, 4) is 5.75 Å². The molecule has 0 bridgehead atoms. The Hall–Kier alpha value is -1.42. The Bertz CT molecular complexity index is 677. The summed E-state index contributed by atoms with van der Waals surface area (Å²) in [6.45, 7) is 6.89. The molecule has 0 aliphatic heterocycles. The van der Waals surface area contributed by atoms with Crippen molar-refractivity contribution in [3.63, 3.8) is 0 Å². The van der Waals surface area contributed by atoms with Gasteiger partial charge < -0.3 is 9.64 Å².